The smallest absolute Gasteiger partial charge is 0.272 e. The van der Waals surface area contributed by atoms with E-state index in [4.69, 9.17) is 9.72 Å². The van der Waals surface area contributed by atoms with E-state index in [1.165, 1.54) is 38.8 Å². The van der Waals surface area contributed by atoms with Crippen molar-refractivity contribution in [2.45, 2.75) is 57.9 Å². The normalized spacial score (nSPS) is 20.7. The number of rotatable bonds is 6. The van der Waals surface area contributed by atoms with Crippen LogP contribution in [0.2, 0.25) is 0 Å². The summed E-state index contributed by atoms with van der Waals surface area (Å²) in [4.78, 5) is 22.2. The summed E-state index contributed by atoms with van der Waals surface area (Å²) >= 11 is 0. The Kier molecular flexibility index (Phi) is 6.65. The number of carbonyl (C=O) groups is 1. The van der Waals surface area contributed by atoms with Gasteiger partial charge in [0.25, 0.3) is 5.91 Å². The van der Waals surface area contributed by atoms with Crippen molar-refractivity contribution in [1.29, 1.82) is 0 Å². The molecule has 5 nitrogen and oxygen atoms in total. The third-order valence-electron chi connectivity index (χ3n) is 6.29. The number of carbonyl (C=O) groups excluding carboxylic acids is 1. The minimum Gasteiger partial charge on any atom is -0.491 e. The molecule has 2 aliphatic heterocycles. The minimum atomic E-state index is 0.0407. The van der Waals surface area contributed by atoms with Gasteiger partial charge in [0.05, 0.1) is 6.61 Å². The second-order valence-electron chi connectivity index (χ2n) is 8.47. The predicted molar refractivity (Wildman–Crippen MR) is 116 cm³/mol. The minimum absolute atomic E-state index is 0.0407. The molecule has 5 heteroatoms. The van der Waals surface area contributed by atoms with Gasteiger partial charge in [-0.25, -0.2) is 4.98 Å². The Balaban J connectivity index is 1.43. The predicted octanol–water partition coefficient (Wildman–Crippen LogP) is 4.50. The number of nitrogens with zero attached hydrogens (tertiary/aromatic N) is 3. The lowest BCUT2D eigenvalue weighted by atomic mass is 10.0. The molecule has 0 radical (unpaired) electrons. The molecule has 3 heterocycles. The van der Waals surface area contributed by atoms with Crippen LogP contribution in [0.5, 0.6) is 5.75 Å². The Hall–Kier alpha value is -2.14. The Bertz CT molecular complexity index is 832. The molecule has 0 N–H and O–H groups in total. The lowest BCUT2D eigenvalue weighted by molar-refractivity contribution is 0.0630. The standard InChI is InChI=1S/C24H33N3O2/c1-19-9-3-6-17-27(19)24(28)21-13-12-20-10-7-11-22(23(20)25-21)29-18-8-16-26-14-4-2-5-15-26/h7,10-13,19H,2-6,8-9,14-18H2,1H3. The van der Waals surface area contributed by atoms with Gasteiger partial charge in [-0.05, 0) is 70.7 Å². The molecular formula is C24H33N3O2. The SMILES string of the molecule is CC1CCCCN1C(=O)c1ccc2cccc(OCCCN3CCCCC3)c2n1. The number of piperidine rings is 2. The van der Waals surface area contributed by atoms with Crippen molar-refractivity contribution in [3.05, 3.63) is 36.0 Å². The molecular weight excluding hydrogens is 362 g/mol. The van der Waals surface area contributed by atoms with Crippen LogP contribution in [0.25, 0.3) is 10.9 Å². The fourth-order valence-electron chi connectivity index (χ4n) is 4.56. The van der Waals surface area contributed by atoms with Crippen LogP contribution < -0.4 is 4.74 Å². The largest absolute Gasteiger partial charge is 0.491 e. The number of benzene rings is 1. The molecule has 1 unspecified atom stereocenters. The van der Waals surface area contributed by atoms with Crippen LogP contribution in [0.1, 0.15) is 62.4 Å². The molecule has 1 aromatic heterocycles. The van der Waals surface area contributed by atoms with Gasteiger partial charge < -0.3 is 14.5 Å². The van der Waals surface area contributed by atoms with Crippen molar-refractivity contribution in [2.75, 3.05) is 32.8 Å². The number of para-hydroxylation sites is 1. The third-order valence-corrected chi connectivity index (χ3v) is 6.29. The van der Waals surface area contributed by atoms with E-state index in [1.807, 2.05) is 35.2 Å². The molecule has 1 amide bonds. The van der Waals surface area contributed by atoms with Gasteiger partial charge in [-0.15, -0.1) is 0 Å². The second-order valence-corrected chi connectivity index (χ2v) is 8.47. The van der Waals surface area contributed by atoms with E-state index in [0.29, 0.717) is 12.3 Å². The summed E-state index contributed by atoms with van der Waals surface area (Å²) in [5.74, 6) is 0.821. The van der Waals surface area contributed by atoms with Gasteiger partial charge in [-0.3, -0.25) is 4.79 Å². The maximum absolute atomic E-state index is 13.0. The van der Waals surface area contributed by atoms with Gasteiger partial charge in [-0.2, -0.15) is 0 Å². The third kappa shape index (κ3) is 4.89. The topological polar surface area (TPSA) is 45.7 Å². The number of pyridine rings is 1. The molecule has 1 aromatic carbocycles. The number of hydrogen-bond acceptors (Lipinski definition) is 4. The first-order chi connectivity index (χ1) is 14.2. The highest BCUT2D eigenvalue weighted by atomic mass is 16.5. The van der Waals surface area contributed by atoms with E-state index in [1.54, 1.807) is 0 Å². The Labute approximate surface area is 174 Å². The second kappa shape index (κ2) is 9.57. The molecule has 2 aromatic rings. The first-order valence-electron chi connectivity index (χ1n) is 11.3. The lowest BCUT2D eigenvalue weighted by Gasteiger charge is -2.33. The molecule has 0 spiro atoms. The van der Waals surface area contributed by atoms with Crippen LogP contribution in [-0.2, 0) is 0 Å². The summed E-state index contributed by atoms with van der Waals surface area (Å²) in [6, 6.07) is 10.1. The van der Waals surface area contributed by atoms with Crippen LogP contribution in [0.4, 0.5) is 0 Å². The summed E-state index contributed by atoms with van der Waals surface area (Å²) in [6.07, 6.45) is 8.37. The monoisotopic (exact) mass is 395 g/mol. The Morgan fingerprint density at radius 1 is 1.07 bits per heavy atom. The van der Waals surface area contributed by atoms with E-state index in [9.17, 15) is 4.79 Å². The summed E-state index contributed by atoms with van der Waals surface area (Å²) in [5, 5.41) is 1.02. The molecule has 4 rings (SSSR count). The molecule has 29 heavy (non-hydrogen) atoms. The van der Waals surface area contributed by atoms with Gasteiger partial charge in [-0.1, -0.05) is 24.6 Å². The van der Waals surface area contributed by atoms with Crippen LogP contribution in [0.15, 0.2) is 30.3 Å². The van der Waals surface area contributed by atoms with Crippen molar-refractivity contribution < 1.29 is 9.53 Å². The summed E-state index contributed by atoms with van der Waals surface area (Å²) < 4.78 is 6.10. The highest BCUT2D eigenvalue weighted by Crippen LogP contribution is 2.26. The fraction of sp³-hybridized carbons (Fsp3) is 0.583. The number of hydrogen-bond donors (Lipinski definition) is 0. The summed E-state index contributed by atoms with van der Waals surface area (Å²) in [7, 11) is 0. The van der Waals surface area contributed by atoms with Gasteiger partial charge >= 0.3 is 0 Å². The zero-order valence-electron chi connectivity index (χ0n) is 17.6. The molecule has 0 bridgehead atoms. The van der Waals surface area contributed by atoms with E-state index < -0.39 is 0 Å². The maximum Gasteiger partial charge on any atom is 0.272 e. The average Bonchev–Trinajstić information content (AvgIpc) is 2.77. The van der Waals surface area contributed by atoms with Gasteiger partial charge in [0.1, 0.15) is 17.0 Å². The van der Waals surface area contributed by atoms with Gasteiger partial charge in [0.2, 0.25) is 0 Å². The number of ether oxygens (including phenoxy) is 1. The first-order valence-corrected chi connectivity index (χ1v) is 11.3. The van der Waals surface area contributed by atoms with Crippen LogP contribution in [-0.4, -0.2) is 59.5 Å². The highest BCUT2D eigenvalue weighted by Gasteiger charge is 2.25. The van der Waals surface area contributed by atoms with E-state index >= 15 is 0 Å². The van der Waals surface area contributed by atoms with Crippen LogP contribution in [0, 0.1) is 0 Å². The van der Waals surface area contributed by atoms with Gasteiger partial charge in [0.15, 0.2) is 0 Å². The van der Waals surface area contributed by atoms with E-state index in [0.717, 1.165) is 49.0 Å². The molecule has 0 aliphatic carbocycles. The first kappa shape index (κ1) is 20.1. The Morgan fingerprint density at radius 2 is 1.90 bits per heavy atom. The number of fused-ring (bicyclic) bond motifs is 1. The lowest BCUT2D eigenvalue weighted by Crippen LogP contribution is -2.42. The number of amides is 1. The average molecular weight is 396 g/mol. The van der Waals surface area contributed by atoms with E-state index in [-0.39, 0.29) is 11.9 Å². The zero-order chi connectivity index (χ0) is 20.1. The van der Waals surface area contributed by atoms with Crippen LogP contribution >= 0.6 is 0 Å². The van der Waals surface area contributed by atoms with E-state index in [2.05, 4.69) is 11.8 Å². The molecule has 1 atom stereocenters. The quantitative estimate of drug-likeness (QED) is 0.676. The highest BCUT2D eigenvalue weighted by molar-refractivity contribution is 5.96. The van der Waals surface area contributed by atoms with Gasteiger partial charge in [0, 0.05) is 24.5 Å². The summed E-state index contributed by atoms with van der Waals surface area (Å²) in [6.45, 7) is 7.17. The molecule has 2 aliphatic rings. The van der Waals surface area contributed by atoms with Crippen molar-refractivity contribution in [3.63, 3.8) is 0 Å². The fourth-order valence-corrected chi connectivity index (χ4v) is 4.56. The van der Waals surface area contributed by atoms with Crippen LogP contribution in [0.3, 0.4) is 0 Å². The van der Waals surface area contributed by atoms with Crippen molar-refractivity contribution >= 4 is 16.8 Å². The molecule has 0 saturated carbocycles. The molecule has 2 fully saturated rings. The maximum atomic E-state index is 13.0. The number of likely N-dealkylation sites (tertiary alicyclic amines) is 2. The zero-order valence-corrected chi connectivity index (χ0v) is 17.6. The molecule has 2 saturated heterocycles. The summed E-state index contributed by atoms with van der Waals surface area (Å²) in [5.41, 5.74) is 1.32. The van der Waals surface area contributed by atoms with Crippen molar-refractivity contribution in [1.82, 2.24) is 14.8 Å². The Morgan fingerprint density at radius 3 is 2.72 bits per heavy atom. The molecule has 156 valence electrons. The van der Waals surface area contributed by atoms with Crippen molar-refractivity contribution in [2.24, 2.45) is 0 Å². The van der Waals surface area contributed by atoms with Crippen molar-refractivity contribution in [3.8, 4) is 5.75 Å². The number of aromatic nitrogens is 1.